The van der Waals surface area contributed by atoms with Crippen LogP contribution >= 0.6 is 15.9 Å². The van der Waals surface area contributed by atoms with E-state index >= 15 is 0 Å². The van der Waals surface area contributed by atoms with Crippen LogP contribution in [0.25, 0.3) is 0 Å². The van der Waals surface area contributed by atoms with Crippen molar-refractivity contribution in [1.82, 2.24) is 0 Å². The van der Waals surface area contributed by atoms with Gasteiger partial charge in [-0.05, 0) is 30.7 Å². The van der Waals surface area contributed by atoms with E-state index in [-0.39, 0.29) is 0 Å². The lowest BCUT2D eigenvalue weighted by Crippen LogP contribution is -2.23. The molecule has 2 rings (SSSR count). The average Bonchev–Trinajstić information content (AvgIpc) is 2.02. The van der Waals surface area contributed by atoms with Gasteiger partial charge in [-0.15, -0.1) is 0 Å². The van der Waals surface area contributed by atoms with Gasteiger partial charge in [-0.2, -0.15) is 0 Å². The van der Waals surface area contributed by atoms with Crippen molar-refractivity contribution in [3.8, 4) is 0 Å². The summed E-state index contributed by atoms with van der Waals surface area (Å²) in [6, 6.07) is 10.8. The Bertz CT molecular complexity index is 251. The van der Waals surface area contributed by atoms with Crippen LogP contribution in [-0.2, 0) is 6.42 Å². The van der Waals surface area contributed by atoms with Gasteiger partial charge in [-0.25, -0.2) is 0 Å². The molecule has 0 spiro atoms. The maximum absolute atomic E-state index is 3.79. The van der Waals surface area contributed by atoms with Gasteiger partial charge >= 0.3 is 0 Å². The van der Waals surface area contributed by atoms with Crippen molar-refractivity contribution in [3.05, 3.63) is 35.9 Å². The Balaban J connectivity index is 1.90. The Hall–Kier alpha value is -0.300. The van der Waals surface area contributed by atoms with Crippen molar-refractivity contribution in [2.24, 2.45) is 5.92 Å². The van der Waals surface area contributed by atoms with Gasteiger partial charge in [0.15, 0.2) is 0 Å². The fraction of sp³-hybridized carbons (Fsp3) is 0.500. The molecule has 0 N–H and O–H groups in total. The van der Waals surface area contributed by atoms with Crippen molar-refractivity contribution < 1.29 is 0 Å². The van der Waals surface area contributed by atoms with Crippen molar-refractivity contribution in [1.29, 1.82) is 0 Å². The third-order valence-corrected chi connectivity index (χ3v) is 4.01. The fourth-order valence-corrected chi connectivity index (χ4v) is 2.71. The van der Waals surface area contributed by atoms with Gasteiger partial charge in [0.1, 0.15) is 0 Å². The Morgan fingerprint density at radius 1 is 1.23 bits per heavy atom. The Morgan fingerprint density at radius 2 is 1.92 bits per heavy atom. The summed E-state index contributed by atoms with van der Waals surface area (Å²) in [6.45, 7) is 0. The molecule has 1 unspecified atom stereocenters. The van der Waals surface area contributed by atoms with E-state index in [1.54, 1.807) is 0 Å². The van der Waals surface area contributed by atoms with Crippen molar-refractivity contribution >= 4 is 15.9 Å². The second-order valence-corrected chi connectivity index (χ2v) is 5.07. The third-order valence-electron chi connectivity index (χ3n) is 2.93. The molecule has 0 heterocycles. The van der Waals surface area contributed by atoms with Crippen LogP contribution in [0.1, 0.15) is 24.8 Å². The van der Waals surface area contributed by atoms with Crippen molar-refractivity contribution in [3.63, 3.8) is 0 Å². The Labute approximate surface area is 88.5 Å². The first-order valence-electron chi connectivity index (χ1n) is 5.04. The summed E-state index contributed by atoms with van der Waals surface area (Å²) in [6.07, 6.45) is 5.46. The number of hydrogen-bond acceptors (Lipinski definition) is 0. The van der Waals surface area contributed by atoms with Gasteiger partial charge in [0.2, 0.25) is 0 Å². The summed E-state index contributed by atoms with van der Waals surface area (Å²) in [4.78, 5) is 0.698. The van der Waals surface area contributed by atoms with Crippen molar-refractivity contribution in [2.75, 3.05) is 0 Å². The number of hydrogen-bond donors (Lipinski definition) is 0. The van der Waals surface area contributed by atoms with Gasteiger partial charge in [0, 0.05) is 4.83 Å². The number of halogens is 1. The van der Waals surface area contributed by atoms with Crippen LogP contribution in [0.3, 0.4) is 0 Å². The van der Waals surface area contributed by atoms with Crippen LogP contribution in [0.2, 0.25) is 0 Å². The van der Waals surface area contributed by atoms with E-state index in [0.717, 1.165) is 5.92 Å². The van der Waals surface area contributed by atoms with Crippen LogP contribution in [0.4, 0.5) is 0 Å². The molecule has 0 amide bonds. The van der Waals surface area contributed by atoms with E-state index in [1.165, 1.54) is 31.2 Å². The first-order valence-corrected chi connectivity index (χ1v) is 5.96. The molecule has 13 heavy (non-hydrogen) atoms. The topological polar surface area (TPSA) is 0 Å². The van der Waals surface area contributed by atoms with Crippen LogP contribution in [0, 0.1) is 5.92 Å². The molecule has 1 fully saturated rings. The third kappa shape index (κ3) is 2.34. The molecular formula is C12H15Br. The van der Waals surface area contributed by atoms with Gasteiger partial charge in [0.25, 0.3) is 0 Å². The molecule has 1 aromatic rings. The first-order chi connectivity index (χ1) is 6.36. The molecule has 1 atom stereocenters. The molecule has 0 aliphatic heterocycles. The van der Waals surface area contributed by atoms with Gasteiger partial charge in [-0.1, -0.05) is 52.7 Å². The molecule has 0 radical (unpaired) electrons. The highest BCUT2D eigenvalue weighted by Crippen LogP contribution is 2.34. The normalized spacial score (nSPS) is 19.5. The predicted octanol–water partition coefficient (Wildman–Crippen LogP) is 3.79. The Morgan fingerprint density at radius 3 is 2.46 bits per heavy atom. The largest absolute Gasteiger partial charge is 0.0884 e. The zero-order valence-corrected chi connectivity index (χ0v) is 9.33. The molecule has 1 saturated carbocycles. The molecular weight excluding hydrogens is 224 g/mol. The molecule has 0 aromatic heterocycles. The van der Waals surface area contributed by atoms with Crippen LogP contribution in [0.5, 0.6) is 0 Å². The van der Waals surface area contributed by atoms with E-state index in [2.05, 4.69) is 46.3 Å². The highest BCUT2D eigenvalue weighted by molar-refractivity contribution is 9.09. The summed E-state index contributed by atoms with van der Waals surface area (Å²) < 4.78 is 0. The summed E-state index contributed by atoms with van der Waals surface area (Å²) in [7, 11) is 0. The fourth-order valence-electron chi connectivity index (χ4n) is 1.81. The molecule has 1 aromatic carbocycles. The molecule has 1 heteroatoms. The number of alkyl halides is 1. The zero-order chi connectivity index (χ0) is 9.10. The van der Waals surface area contributed by atoms with Gasteiger partial charge in [-0.3, -0.25) is 0 Å². The smallest absolute Gasteiger partial charge is 0.0214 e. The van der Waals surface area contributed by atoms with E-state index in [9.17, 15) is 0 Å². The quantitative estimate of drug-likeness (QED) is 0.704. The predicted molar refractivity (Wildman–Crippen MR) is 60.2 cm³/mol. The lowest BCUT2D eigenvalue weighted by Gasteiger charge is -2.30. The maximum Gasteiger partial charge on any atom is 0.0214 e. The highest BCUT2D eigenvalue weighted by atomic mass is 79.9. The lowest BCUT2D eigenvalue weighted by atomic mass is 9.81. The SMILES string of the molecule is BrC(Cc1ccccc1)C1CCC1. The summed E-state index contributed by atoms with van der Waals surface area (Å²) >= 11 is 3.79. The molecule has 0 nitrogen and oxygen atoms in total. The second kappa shape index (κ2) is 4.28. The lowest BCUT2D eigenvalue weighted by molar-refractivity contribution is 0.308. The number of benzene rings is 1. The standard InChI is InChI=1S/C12H15Br/c13-12(11-7-4-8-11)9-10-5-2-1-3-6-10/h1-3,5-6,11-12H,4,7-9H2. The average molecular weight is 239 g/mol. The first kappa shape index (κ1) is 9.26. The van der Waals surface area contributed by atoms with Crippen LogP contribution in [-0.4, -0.2) is 4.83 Å². The monoisotopic (exact) mass is 238 g/mol. The Kier molecular flexibility index (Phi) is 3.05. The molecule has 0 saturated heterocycles. The summed E-state index contributed by atoms with van der Waals surface area (Å²) in [5, 5.41) is 0. The summed E-state index contributed by atoms with van der Waals surface area (Å²) in [5.41, 5.74) is 1.45. The van der Waals surface area contributed by atoms with Gasteiger partial charge in [0.05, 0.1) is 0 Å². The van der Waals surface area contributed by atoms with Crippen LogP contribution < -0.4 is 0 Å². The van der Waals surface area contributed by atoms with Crippen LogP contribution in [0.15, 0.2) is 30.3 Å². The zero-order valence-electron chi connectivity index (χ0n) is 7.75. The maximum atomic E-state index is 3.79. The van der Waals surface area contributed by atoms with E-state index < -0.39 is 0 Å². The van der Waals surface area contributed by atoms with E-state index in [1.807, 2.05) is 0 Å². The van der Waals surface area contributed by atoms with Crippen molar-refractivity contribution in [2.45, 2.75) is 30.5 Å². The van der Waals surface area contributed by atoms with E-state index in [4.69, 9.17) is 0 Å². The summed E-state index contributed by atoms with van der Waals surface area (Å²) in [5.74, 6) is 0.931. The minimum absolute atomic E-state index is 0.698. The molecule has 70 valence electrons. The van der Waals surface area contributed by atoms with E-state index in [0.29, 0.717) is 4.83 Å². The molecule has 1 aliphatic carbocycles. The highest BCUT2D eigenvalue weighted by Gasteiger charge is 2.24. The minimum atomic E-state index is 0.698. The number of rotatable bonds is 3. The molecule has 1 aliphatic rings. The molecule has 0 bridgehead atoms. The second-order valence-electron chi connectivity index (χ2n) is 3.90. The van der Waals surface area contributed by atoms with Gasteiger partial charge < -0.3 is 0 Å². The minimum Gasteiger partial charge on any atom is -0.0884 e.